The molecule has 3 saturated heterocycles. The first-order valence-corrected chi connectivity index (χ1v) is 13.1. The van der Waals surface area contributed by atoms with Gasteiger partial charge in [0.2, 0.25) is 5.91 Å². The Bertz CT molecular complexity index is 1230. The van der Waals surface area contributed by atoms with Crippen LogP contribution < -0.4 is 10.1 Å². The van der Waals surface area contributed by atoms with Gasteiger partial charge in [-0.25, -0.2) is 8.78 Å². The summed E-state index contributed by atoms with van der Waals surface area (Å²) in [6.45, 7) is 1.33. The van der Waals surface area contributed by atoms with Crippen LogP contribution in [0, 0.1) is 11.6 Å². The summed E-state index contributed by atoms with van der Waals surface area (Å²) in [5.74, 6) is -2.40. The van der Waals surface area contributed by atoms with Gasteiger partial charge in [-0.2, -0.15) is 0 Å². The molecule has 1 spiro atoms. The molecule has 3 heterocycles. The van der Waals surface area contributed by atoms with E-state index >= 15 is 0 Å². The van der Waals surface area contributed by atoms with Crippen LogP contribution in [-0.4, -0.2) is 85.3 Å². The summed E-state index contributed by atoms with van der Waals surface area (Å²) in [6, 6.07) is 8.55. The minimum Gasteiger partial charge on any atom is -0.497 e. The van der Waals surface area contributed by atoms with Crippen LogP contribution in [0.2, 0.25) is 0 Å². The van der Waals surface area contributed by atoms with Crippen molar-refractivity contribution in [2.24, 2.45) is 0 Å². The maximum atomic E-state index is 14.3. The highest BCUT2D eigenvalue weighted by molar-refractivity contribution is 5.99. The monoisotopic (exact) mass is 543 g/mol. The Morgan fingerprint density at radius 1 is 1.08 bits per heavy atom. The molecule has 3 aliphatic heterocycles. The highest BCUT2D eigenvalue weighted by Gasteiger charge is 2.54. The lowest BCUT2D eigenvalue weighted by atomic mass is 9.96. The van der Waals surface area contributed by atoms with Crippen molar-refractivity contribution in [1.82, 2.24) is 15.1 Å². The first-order chi connectivity index (χ1) is 18.8. The highest BCUT2D eigenvalue weighted by Crippen LogP contribution is 2.39. The number of carbonyl (C=O) groups excluding carboxylic acids is 3. The molecule has 0 radical (unpaired) electrons. The SMILES string of the molecule is COc1ccc(C(=O)N2[C@@H](C(=O)NC[C@@H]3CCCO3)COC23CCN(C(=O)c2ccc(F)cc2F)CC3)cc1. The van der Waals surface area contributed by atoms with Gasteiger partial charge in [0, 0.05) is 50.7 Å². The van der Waals surface area contributed by atoms with Crippen molar-refractivity contribution in [2.45, 2.75) is 43.6 Å². The molecule has 3 aliphatic rings. The van der Waals surface area contributed by atoms with Gasteiger partial charge < -0.3 is 24.4 Å². The molecule has 11 heteroatoms. The van der Waals surface area contributed by atoms with E-state index in [1.54, 1.807) is 24.3 Å². The number of ether oxygens (including phenoxy) is 3. The Balaban J connectivity index is 1.35. The van der Waals surface area contributed by atoms with Gasteiger partial charge in [-0.15, -0.1) is 0 Å². The molecule has 0 aliphatic carbocycles. The zero-order valence-electron chi connectivity index (χ0n) is 21.7. The third kappa shape index (κ3) is 5.46. The van der Waals surface area contributed by atoms with Gasteiger partial charge in [0.25, 0.3) is 11.8 Å². The first kappa shape index (κ1) is 27.0. The number of hydrogen-bond donors (Lipinski definition) is 1. The quantitative estimate of drug-likeness (QED) is 0.602. The van der Waals surface area contributed by atoms with Crippen LogP contribution in [0.4, 0.5) is 8.78 Å². The summed E-state index contributed by atoms with van der Waals surface area (Å²) in [5, 5.41) is 2.91. The lowest BCUT2D eigenvalue weighted by Crippen LogP contribution is -2.60. The summed E-state index contributed by atoms with van der Waals surface area (Å²) in [4.78, 5) is 43.0. The molecular weight excluding hydrogens is 512 g/mol. The number of rotatable bonds is 6. The van der Waals surface area contributed by atoms with Crippen molar-refractivity contribution in [3.63, 3.8) is 0 Å². The molecule has 0 unspecified atom stereocenters. The summed E-state index contributed by atoms with van der Waals surface area (Å²) in [5.41, 5.74) is -0.984. The van der Waals surface area contributed by atoms with Crippen molar-refractivity contribution in [3.8, 4) is 5.75 Å². The Morgan fingerprint density at radius 2 is 1.82 bits per heavy atom. The van der Waals surface area contributed by atoms with Crippen LogP contribution in [0.15, 0.2) is 42.5 Å². The lowest BCUT2D eigenvalue weighted by Gasteiger charge is -2.44. The maximum Gasteiger partial charge on any atom is 0.256 e. The van der Waals surface area contributed by atoms with Crippen LogP contribution in [0.1, 0.15) is 46.4 Å². The predicted octanol–water partition coefficient (Wildman–Crippen LogP) is 2.74. The zero-order valence-corrected chi connectivity index (χ0v) is 21.7. The number of nitrogens with zero attached hydrogens (tertiary/aromatic N) is 2. The molecule has 2 atom stereocenters. The molecule has 0 bridgehead atoms. The number of halogens is 2. The third-order valence-electron chi connectivity index (χ3n) is 7.64. The Hall–Kier alpha value is -3.57. The number of carbonyl (C=O) groups is 3. The van der Waals surface area contributed by atoms with E-state index in [9.17, 15) is 23.2 Å². The van der Waals surface area contributed by atoms with E-state index in [4.69, 9.17) is 14.2 Å². The number of piperidine rings is 1. The van der Waals surface area contributed by atoms with Gasteiger partial charge in [0.05, 0.1) is 25.4 Å². The van der Waals surface area contributed by atoms with Crippen LogP contribution >= 0.6 is 0 Å². The summed E-state index contributed by atoms with van der Waals surface area (Å²) >= 11 is 0. The second kappa shape index (κ2) is 11.3. The van der Waals surface area contributed by atoms with Crippen molar-refractivity contribution >= 4 is 17.7 Å². The highest BCUT2D eigenvalue weighted by atomic mass is 19.1. The van der Waals surface area contributed by atoms with Gasteiger partial charge in [-0.1, -0.05) is 0 Å². The molecule has 0 saturated carbocycles. The van der Waals surface area contributed by atoms with Gasteiger partial charge in [-0.3, -0.25) is 19.3 Å². The van der Waals surface area contributed by atoms with Crippen LogP contribution in [-0.2, 0) is 14.3 Å². The van der Waals surface area contributed by atoms with Crippen LogP contribution in [0.3, 0.4) is 0 Å². The van der Waals surface area contributed by atoms with Gasteiger partial charge in [0.15, 0.2) is 0 Å². The van der Waals surface area contributed by atoms with Crippen molar-refractivity contribution in [2.75, 3.05) is 40.0 Å². The number of nitrogens with one attached hydrogen (secondary N) is 1. The number of hydrogen-bond acceptors (Lipinski definition) is 6. The third-order valence-corrected chi connectivity index (χ3v) is 7.64. The number of amides is 3. The first-order valence-electron chi connectivity index (χ1n) is 13.1. The van der Waals surface area contributed by atoms with E-state index in [2.05, 4.69) is 5.32 Å². The Labute approximate surface area is 225 Å². The van der Waals surface area contributed by atoms with E-state index in [-0.39, 0.29) is 56.0 Å². The van der Waals surface area contributed by atoms with E-state index in [0.717, 1.165) is 25.0 Å². The topological polar surface area (TPSA) is 97.4 Å². The summed E-state index contributed by atoms with van der Waals surface area (Å²) in [7, 11) is 1.53. The van der Waals surface area contributed by atoms with E-state index in [1.165, 1.54) is 16.9 Å². The molecule has 5 rings (SSSR count). The number of benzene rings is 2. The summed E-state index contributed by atoms with van der Waals surface area (Å²) in [6.07, 6.45) is 2.18. The number of methoxy groups -OCH3 is 1. The molecule has 1 N–H and O–H groups in total. The fourth-order valence-electron chi connectivity index (χ4n) is 5.47. The van der Waals surface area contributed by atoms with E-state index in [0.29, 0.717) is 30.5 Å². The molecule has 2 aromatic rings. The fraction of sp³-hybridized carbons (Fsp3) is 0.464. The van der Waals surface area contributed by atoms with E-state index < -0.39 is 29.3 Å². The molecular formula is C28H31F2N3O6. The minimum atomic E-state index is -1.12. The predicted molar refractivity (Wildman–Crippen MR) is 135 cm³/mol. The standard InChI is InChI=1S/C28H31F2N3O6/c1-37-20-7-4-18(5-8-20)26(35)33-24(25(34)31-16-21-3-2-14-38-21)17-39-28(33)10-12-32(13-11-28)27(36)22-9-6-19(29)15-23(22)30/h4-9,15,21,24H,2-3,10-14,16-17H2,1H3,(H,31,34)/t21-,24+/m0/s1. The van der Waals surface area contributed by atoms with Gasteiger partial charge >= 0.3 is 0 Å². The number of likely N-dealkylation sites (tertiary alicyclic amines) is 1. The average Bonchev–Trinajstić information content (AvgIpc) is 3.60. The second-order valence-electron chi connectivity index (χ2n) is 9.97. The molecule has 3 fully saturated rings. The van der Waals surface area contributed by atoms with Crippen LogP contribution in [0.25, 0.3) is 0 Å². The molecule has 9 nitrogen and oxygen atoms in total. The molecule has 208 valence electrons. The molecule has 2 aromatic carbocycles. The fourth-order valence-corrected chi connectivity index (χ4v) is 5.47. The Morgan fingerprint density at radius 3 is 2.46 bits per heavy atom. The maximum absolute atomic E-state index is 14.3. The molecule has 3 amide bonds. The van der Waals surface area contributed by atoms with Gasteiger partial charge in [-0.05, 0) is 49.2 Å². The average molecular weight is 544 g/mol. The van der Waals surface area contributed by atoms with E-state index in [1.807, 2.05) is 0 Å². The van der Waals surface area contributed by atoms with Gasteiger partial charge in [0.1, 0.15) is 29.2 Å². The summed E-state index contributed by atoms with van der Waals surface area (Å²) < 4.78 is 44.6. The smallest absolute Gasteiger partial charge is 0.256 e. The van der Waals surface area contributed by atoms with Crippen molar-refractivity contribution in [3.05, 3.63) is 65.2 Å². The second-order valence-corrected chi connectivity index (χ2v) is 9.97. The Kier molecular flexibility index (Phi) is 7.81. The van der Waals surface area contributed by atoms with Crippen molar-refractivity contribution < 1.29 is 37.4 Å². The zero-order chi connectivity index (χ0) is 27.6. The lowest BCUT2D eigenvalue weighted by molar-refractivity contribution is -0.128. The van der Waals surface area contributed by atoms with Crippen molar-refractivity contribution in [1.29, 1.82) is 0 Å². The normalized spacial score (nSPS) is 22.2. The molecule has 39 heavy (non-hydrogen) atoms. The largest absolute Gasteiger partial charge is 0.497 e. The van der Waals surface area contributed by atoms with Crippen LogP contribution in [0.5, 0.6) is 5.75 Å². The minimum absolute atomic E-state index is 0.000210. The molecule has 0 aromatic heterocycles.